The van der Waals surface area contributed by atoms with E-state index >= 15 is 0 Å². The zero-order valence-electron chi connectivity index (χ0n) is 17.0. The predicted octanol–water partition coefficient (Wildman–Crippen LogP) is 4.75. The molecule has 0 aromatic heterocycles. The van der Waals surface area contributed by atoms with Crippen molar-refractivity contribution in [3.8, 4) is 0 Å². The lowest BCUT2D eigenvalue weighted by Crippen LogP contribution is -2.58. The van der Waals surface area contributed by atoms with Gasteiger partial charge in [0.2, 0.25) is 0 Å². The number of hydrogen-bond donors (Lipinski definition) is 1. The van der Waals surface area contributed by atoms with Gasteiger partial charge in [0.1, 0.15) is 0 Å². The molecule has 3 nitrogen and oxygen atoms in total. The largest absolute Gasteiger partial charge is 0.393 e. The second-order valence-electron chi connectivity index (χ2n) is 10.1. The molecule has 0 saturated heterocycles. The number of halogens is 1. The fourth-order valence-electron chi connectivity index (χ4n) is 7.50. The highest BCUT2D eigenvalue weighted by Crippen LogP contribution is 2.66. The molecule has 0 amide bonds. The third kappa shape index (κ3) is 2.95. The molecule has 152 valence electrons. The molecule has 27 heavy (non-hydrogen) atoms. The lowest BCUT2D eigenvalue weighted by molar-refractivity contribution is -0.153. The molecule has 4 heteroatoms. The number of allylic oxidation sites excluding steroid dienone is 1. The Labute approximate surface area is 168 Å². The Bertz CT molecular complexity index is 631. The van der Waals surface area contributed by atoms with Gasteiger partial charge >= 0.3 is 0 Å². The van der Waals surface area contributed by atoms with Crippen LogP contribution >= 0.6 is 11.6 Å². The molecule has 3 saturated carbocycles. The number of rotatable bonds is 4. The Morgan fingerprint density at radius 2 is 2.04 bits per heavy atom. The van der Waals surface area contributed by atoms with Crippen LogP contribution in [0.2, 0.25) is 0 Å². The van der Waals surface area contributed by atoms with Gasteiger partial charge in [-0.25, -0.2) is 0 Å². The molecule has 8 atom stereocenters. The summed E-state index contributed by atoms with van der Waals surface area (Å²) in [6, 6.07) is 0. The first-order valence-electron chi connectivity index (χ1n) is 11.0. The first-order valence-corrected chi connectivity index (χ1v) is 11.5. The zero-order valence-corrected chi connectivity index (χ0v) is 17.8. The van der Waals surface area contributed by atoms with Crippen molar-refractivity contribution in [1.29, 1.82) is 0 Å². The number of alkyl halides is 1. The molecular weight excluding hydrogens is 360 g/mol. The maximum absolute atomic E-state index is 12.4. The van der Waals surface area contributed by atoms with E-state index in [1.165, 1.54) is 12.0 Å². The number of carbonyl (C=O) groups is 1. The quantitative estimate of drug-likeness (QED) is 0.700. The molecule has 0 aromatic rings. The van der Waals surface area contributed by atoms with Crippen molar-refractivity contribution in [2.75, 3.05) is 12.5 Å². The summed E-state index contributed by atoms with van der Waals surface area (Å²) >= 11 is 6.13. The molecule has 1 N–H and O–H groups in total. The number of fused-ring (bicyclic) bond motifs is 5. The molecule has 0 aromatic carbocycles. The Morgan fingerprint density at radius 1 is 1.26 bits per heavy atom. The van der Waals surface area contributed by atoms with Gasteiger partial charge in [-0.2, -0.15) is 0 Å². The Morgan fingerprint density at radius 3 is 2.74 bits per heavy atom. The van der Waals surface area contributed by atoms with Gasteiger partial charge < -0.3 is 9.84 Å². The molecule has 0 heterocycles. The minimum atomic E-state index is -0.319. The van der Waals surface area contributed by atoms with Crippen LogP contribution in [0.25, 0.3) is 0 Å². The molecule has 1 unspecified atom stereocenters. The number of hydrogen-bond acceptors (Lipinski definition) is 3. The molecular formula is C23H35ClO3. The molecule has 0 spiro atoms. The molecule has 0 aliphatic heterocycles. The third-order valence-corrected chi connectivity index (χ3v) is 9.05. The normalized spacial score (nSPS) is 49.2. The second kappa shape index (κ2) is 7.15. The number of carbonyl (C=O) groups excluding carboxylic acids is 1. The van der Waals surface area contributed by atoms with E-state index in [9.17, 15) is 9.90 Å². The zero-order chi connectivity index (χ0) is 19.4. The SMILES string of the molecule is CCCO[C@@H]1CC[C@H]2[C@@H]3CCC4=CC(=O)C(CCl)C[C@]4(C)[C@H]3[C@@H](O)C[C@]12C. The average molecular weight is 395 g/mol. The van der Waals surface area contributed by atoms with E-state index in [1.54, 1.807) is 0 Å². The van der Waals surface area contributed by atoms with Crippen LogP contribution in [0.1, 0.15) is 65.7 Å². The standard InChI is InChI=1S/C23H35ClO3/c1-4-9-27-20-8-7-17-16-6-5-15-10-18(25)14(13-24)11-22(15,2)21(16)19(26)12-23(17,20)3/h10,14,16-17,19-21,26H,4-9,11-13H2,1-3H3/t14?,16-,17-,19-,20+,21+,22-,23-/m0/s1. The minimum Gasteiger partial charge on any atom is -0.393 e. The number of aliphatic hydroxyl groups is 1. The van der Waals surface area contributed by atoms with Gasteiger partial charge in [0.15, 0.2) is 5.78 Å². The molecule has 4 aliphatic rings. The van der Waals surface area contributed by atoms with Crippen molar-refractivity contribution < 1.29 is 14.6 Å². The third-order valence-electron chi connectivity index (χ3n) is 8.68. The lowest BCUT2D eigenvalue weighted by Gasteiger charge is -2.60. The van der Waals surface area contributed by atoms with E-state index in [0.717, 1.165) is 45.1 Å². The monoisotopic (exact) mass is 394 g/mol. The summed E-state index contributed by atoms with van der Waals surface area (Å²) < 4.78 is 6.25. The molecule has 0 radical (unpaired) electrons. The van der Waals surface area contributed by atoms with Crippen LogP contribution < -0.4 is 0 Å². The molecule has 0 bridgehead atoms. The highest BCUT2D eigenvalue weighted by Gasteiger charge is 2.62. The minimum absolute atomic E-state index is 0.0838. The van der Waals surface area contributed by atoms with Crippen LogP contribution in [0.3, 0.4) is 0 Å². The summed E-state index contributed by atoms with van der Waals surface area (Å²) in [5.41, 5.74) is 1.28. The van der Waals surface area contributed by atoms with Crippen molar-refractivity contribution in [2.24, 2.45) is 34.5 Å². The predicted molar refractivity (Wildman–Crippen MR) is 108 cm³/mol. The number of aliphatic hydroxyl groups excluding tert-OH is 1. The smallest absolute Gasteiger partial charge is 0.159 e. The van der Waals surface area contributed by atoms with Crippen LogP contribution in [-0.2, 0) is 9.53 Å². The van der Waals surface area contributed by atoms with Gasteiger partial charge in [-0.3, -0.25) is 4.79 Å². The Hall–Kier alpha value is -0.380. The van der Waals surface area contributed by atoms with Gasteiger partial charge in [-0.15, -0.1) is 11.6 Å². The summed E-state index contributed by atoms with van der Waals surface area (Å²) in [5.74, 6) is 1.89. The van der Waals surface area contributed by atoms with E-state index in [4.69, 9.17) is 16.3 Å². The van der Waals surface area contributed by atoms with Crippen molar-refractivity contribution in [2.45, 2.75) is 77.9 Å². The van der Waals surface area contributed by atoms with Gasteiger partial charge in [0.05, 0.1) is 12.2 Å². The van der Waals surface area contributed by atoms with Crippen molar-refractivity contribution in [1.82, 2.24) is 0 Å². The van der Waals surface area contributed by atoms with Gasteiger partial charge in [0.25, 0.3) is 0 Å². The lowest BCUT2D eigenvalue weighted by atomic mass is 9.46. The van der Waals surface area contributed by atoms with Gasteiger partial charge in [-0.05, 0) is 79.6 Å². The Balaban J connectivity index is 1.65. The number of ketones is 1. The summed E-state index contributed by atoms with van der Waals surface area (Å²) in [5, 5.41) is 11.4. The van der Waals surface area contributed by atoms with Crippen molar-refractivity contribution in [3.63, 3.8) is 0 Å². The van der Waals surface area contributed by atoms with Crippen molar-refractivity contribution >= 4 is 17.4 Å². The highest BCUT2D eigenvalue weighted by atomic mass is 35.5. The van der Waals surface area contributed by atoms with E-state index < -0.39 is 0 Å². The number of ether oxygens (including phenoxy) is 1. The average Bonchev–Trinajstić information content (AvgIpc) is 2.95. The Kier molecular flexibility index (Phi) is 5.27. The topological polar surface area (TPSA) is 46.5 Å². The maximum atomic E-state index is 12.4. The summed E-state index contributed by atoms with van der Waals surface area (Å²) in [6.07, 6.45) is 8.97. The molecule has 4 aliphatic carbocycles. The summed E-state index contributed by atoms with van der Waals surface area (Å²) in [7, 11) is 0. The molecule has 4 rings (SSSR count). The van der Waals surface area contributed by atoms with Crippen LogP contribution in [0.4, 0.5) is 0 Å². The fraction of sp³-hybridized carbons (Fsp3) is 0.870. The summed E-state index contributed by atoms with van der Waals surface area (Å²) in [4.78, 5) is 12.4. The molecule has 3 fully saturated rings. The van der Waals surface area contributed by atoms with Crippen LogP contribution in [0, 0.1) is 34.5 Å². The first-order chi connectivity index (χ1) is 12.8. The fourth-order valence-corrected chi connectivity index (χ4v) is 7.76. The van der Waals surface area contributed by atoms with Gasteiger partial charge in [-0.1, -0.05) is 26.3 Å². The maximum Gasteiger partial charge on any atom is 0.159 e. The van der Waals surface area contributed by atoms with Crippen LogP contribution in [0.5, 0.6) is 0 Å². The van der Waals surface area contributed by atoms with Crippen molar-refractivity contribution in [3.05, 3.63) is 11.6 Å². The summed E-state index contributed by atoms with van der Waals surface area (Å²) in [6.45, 7) is 7.65. The highest BCUT2D eigenvalue weighted by molar-refractivity contribution is 6.20. The van der Waals surface area contributed by atoms with E-state index in [2.05, 4.69) is 20.8 Å². The first kappa shape index (κ1) is 19.9. The van der Waals surface area contributed by atoms with Gasteiger partial charge in [0, 0.05) is 18.4 Å². The second-order valence-corrected chi connectivity index (χ2v) is 10.4. The van der Waals surface area contributed by atoms with Crippen LogP contribution in [-0.4, -0.2) is 35.6 Å². The van der Waals surface area contributed by atoms with E-state index in [1.807, 2.05) is 6.08 Å². The van der Waals surface area contributed by atoms with E-state index in [0.29, 0.717) is 17.7 Å². The van der Waals surface area contributed by atoms with E-state index in [-0.39, 0.29) is 40.7 Å². The van der Waals surface area contributed by atoms with Crippen LogP contribution in [0.15, 0.2) is 11.6 Å².